The van der Waals surface area contributed by atoms with Crippen LogP contribution >= 0.6 is 0 Å². The summed E-state index contributed by atoms with van der Waals surface area (Å²) in [5.74, 6) is 0.380. The number of nitrogens with two attached hydrogens (primary N) is 1. The summed E-state index contributed by atoms with van der Waals surface area (Å²) in [4.78, 5) is 27.3. The fraction of sp³-hybridized carbons (Fsp3) is 0.600. The Labute approximate surface area is 150 Å². The van der Waals surface area contributed by atoms with E-state index in [-0.39, 0.29) is 23.9 Å². The second kappa shape index (κ2) is 8.48. The third kappa shape index (κ3) is 4.21. The van der Waals surface area contributed by atoms with Crippen LogP contribution in [0.25, 0.3) is 0 Å². The number of nitrogens with one attached hydrogen (secondary N) is 1. The Kier molecular flexibility index (Phi) is 6.08. The maximum Gasteiger partial charge on any atom is 0.254 e. The summed E-state index contributed by atoms with van der Waals surface area (Å²) >= 11 is 0. The lowest BCUT2D eigenvalue weighted by Gasteiger charge is -2.32. The fourth-order valence-corrected chi connectivity index (χ4v) is 4.21. The predicted molar refractivity (Wildman–Crippen MR) is 98.1 cm³/mol. The second-order valence-corrected chi connectivity index (χ2v) is 7.27. The van der Waals surface area contributed by atoms with Crippen molar-refractivity contribution in [2.45, 2.75) is 57.0 Å². The molecule has 2 amide bonds. The molecule has 2 aliphatic rings. The number of rotatable bonds is 5. The average molecular weight is 343 g/mol. The predicted octanol–water partition coefficient (Wildman–Crippen LogP) is 2.32. The molecule has 1 aliphatic carbocycles. The highest BCUT2D eigenvalue weighted by Gasteiger charge is 2.36. The molecule has 3 N–H and O–H groups in total. The molecule has 1 heterocycles. The van der Waals surface area contributed by atoms with Crippen molar-refractivity contribution in [3.63, 3.8) is 0 Å². The summed E-state index contributed by atoms with van der Waals surface area (Å²) < 4.78 is 0. The number of carbonyl (C=O) groups excluding carboxylic acids is 2. The van der Waals surface area contributed by atoms with Crippen LogP contribution < -0.4 is 11.1 Å². The molecule has 1 aromatic carbocycles. The first-order valence-electron chi connectivity index (χ1n) is 9.57. The van der Waals surface area contributed by atoms with Crippen LogP contribution in [0.3, 0.4) is 0 Å². The topological polar surface area (TPSA) is 75.4 Å². The Morgan fingerprint density at radius 3 is 2.48 bits per heavy atom. The van der Waals surface area contributed by atoms with Gasteiger partial charge in [-0.15, -0.1) is 0 Å². The standard InChI is InChI=1S/C20H29N3O2/c21-14-17(15-8-3-1-4-9-15)22-19(24)18-12-7-13-23(18)20(25)16-10-5-2-6-11-16/h2,5-6,10-11,15,17-18H,1,3-4,7-9,12-14,21H2,(H,22,24). The van der Waals surface area contributed by atoms with Gasteiger partial charge in [-0.3, -0.25) is 9.59 Å². The molecular formula is C20H29N3O2. The van der Waals surface area contributed by atoms with Crippen molar-refractivity contribution in [3.05, 3.63) is 35.9 Å². The monoisotopic (exact) mass is 343 g/mol. The third-order valence-corrected chi connectivity index (χ3v) is 5.64. The molecule has 1 saturated heterocycles. The van der Waals surface area contributed by atoms with Crippen molar-refractivity contribution < 1.29 is 9.59 Å². The molecule has 25 heavy (non-hydrogen) atoms. The fourth-order valence-electron chi connectivity index (χ4n) is 4.21. The first kappa shape index (κ1) is 17.9. The maximum atomic E-state index is 12.8. The molecular weight excluding hydrogens is 314 g/mol. The van der Waals surface area contributed by atoms with Crippen molar-refractivity contribution >= 4 is 11.8 Å². The zero-order chi connectivity index (χ0) is 17.6. The van der Waals surface area contributed by atoms with Crippen LogP contribution in [0.5, 0.6) is 0 Å². The SMILES string of the molecule is NCC(NC(=O)C1CCCN1C(=O)c1ccccc1)C1CCCCC1. The number of carbonyl (C=O) groups is 2. The van der Waals surface area contributed by atoms with Crippen LogP contribution in [0.1, 0.15) is 55.3 Å². The van der Waals surface area contributed by atoms with Gasteiger partial charge in [-0.2, -0.15) is 0 Å². The summed E-state index contributed by atoms with van der Waals surface area (Å²) in [5.41, 5.74) is 6.58. The molecule has 136 valence electrons. The Morgan fingerprint density at radius 2 is 1.80 bits per heavy atom. The molecule has 3 rings (SSSR count). The number of nitrogens with zero attached hydrogens (tertiary/aromatic N) is 1. The quantitative estimate of drug-likeness (QED) is 0.861. The van der Waals surface area contributed by atoms with E-state index >= 15 is 0 Å². The highest BCUT2D eigenvalue weighted by Crippen LogP contribution is 2.27. The Balaban J connectivity index is 1.64. The molecule has 2 atom stereocenters. The first-order valence-corrected chi connectivity index (χ1v) is 9.57. The summed E-state index contributed by atoms with van der Waals surface area (Å²) in [6.45, 7) is 1.11. The molecule has 1 aliphatic heterocycles. The number of hydrogen-bond acceptors (Lipinski definition) is 3. The minimum atomic E-state index is -0.370. The van der Waals surface area contributed by atoms with E-state index in [2.05, 4.69) is 5.32 Å². The lowest BCUT2D eigenvalue weighted by Crippen LogP contribution is -2.53. The first-order chi connectivity index (χ1) is 12.2. The van der Waals surface area contributed by atoms with Crippen LogP contribution in [0, 0.1) is 5.92 Å². The average Bonchev–Trinajstić information content (AvgIpc) is 3.16. The maximum absolute atomic E-state index is 12.8. The van der Waals surface area contributed by atoms with E-state index in [1.807, 2.05) is 18.2 Å². The molecule has 5 nitrogen and oxygen atoms in total. The molecule has 0 spiro atoms. The zero-order valence-corrected chi connectivity index (χ0v) is 14.8. The van der Waals surface area contributed by atoms with Crippen molar-refractivity contribution in [2.24, 2.45) is 11.7 Å². The van der Waals surface area contributed by atoms with E-state index in [0.717, 1.165) is 25.7 Å². The van der Waals surface area contributed by atoms with Gasteiger partial charge in [0.05, 0.1) is 0 Å². The Morgan fingerprint density at radius 1 is 1.08 bits per heavy atom. The highest BCUT2D eigenvalue weighted by molar-refractivity contribution is 5.98. The highest BCUT2D eigenvalue weighted by atomic mass is 16.2. The second-order valence-electron chi connectivity index (χ2n) is 7.27. The van der Waals surface area contributed by atoms with Gasteiger partial charge < -0.3 is 16.0 Å². The zero-order valence-electron chi connectivity index (χ0n) is 14.8. The molecule has 5 heteroatoms. The van der Waals surface area contributed by atoms with Crippen molar-refractivity contribution in [1.29, 1.82) is 0 Å². The Hall–Kier alpha value is -1.88. The normalized spacial score (nSPS) is 22.6. The van der Waals surface area contributed by atoms with Crippen molar-refractivity contribution in [2.75, 3.05) is 13.1 Å². The van der Waals surface area contributed by atoms with Gasteiger partial charge in [0.1, 0.15) is 6.04 Å². The number of benzene rings is 1. The number of amides is 2. The van der Waals surface area contributed by atoms with Crippen LogP contribution in [0.4, 0.5) is 0 Å². The summed E-state index contributed by atoms with van der Waals surface area (Å²) in [5, 5.41) is 3.16. The van der Waals surface area contributed by atoms with E-state index in [1.165, 1.54) is 19.3 Å². The summed E-state index contributed by atoms with van der Waals surface area (Å²) in [7, 11) is 0. The molecule has 1 saturated carbocycles. The van der Waals surface area contributed by atoms with E-state index < -0.39 is 0 Å². The van der Waals surface area contributed by atoms with Crippen LogP contribution in [-0.4, -0.2) is 41.9 Å². The molecule has 1 aromatic rings. The van der Waals surface area contributed by atoms with Gasteiger partial charge >= 0.3 is 0 Å². The smallest absolute Gasteiger partial charge is 0.254 e. The van der Waals surface area contributed by atoms with E-state index in [1.54, 1.807) is 17.0 Å². The largest absolute Gasteiger partial charge is 0.350 e. The van der Waals surface area contributed by atoms with Gasteiger partial charge in [0.15, 0.2) is 0 Å². The van der Waals surface area contributed by atoms with E-state index in [0.29, 0.717) is 24.6 Å². The number of hydrogen-bond donors (Lipinski definition) is 2. The van der Waals surface area contributed by atoms with Gasteiger partial charge in [0.25, 0.3) is 5.91 Å². The Bertz CT molecular complexity index is 584. The molecule has 0 aromatic heterocycles. The van der Waals surface area contributed by atoms with Crippen LogP contribution in [0.2, 0.25) is 0 Å². The van der Waals surface area contributed by atoms with Gasteiger partial charge in [-0.1, -0.05) is 37.5 Å². The summed E-state index contributed by atoms with van der Waals surface area (Å²) in [6, 6.07) is 8.87. The van der Waals surface area contributed by atoms with Gasteiger partial charge in [-0.25, -0.2) is 0 Å². The number of likely N-dealkylation sites (tertiary alicyclic amines) is 1. The van der Waals surface area contributed by atoms with Crippen LogP contribution in [0.15, 0.2) is 30.3 Å². The lowest BCUT2D eigenvalue weighted by molar-refractivity contribution is -0.126. The molecule has 0 bridgehead atoms. The van der Waals surface area contributed by atoms with Crippen molar-refractivity contribution in [1.82, 2.24) is 10.2 Å². The molecule has 0 radical (unpaired) electrons. The van der Waals surface area contributed by atoms with Crippen LogP contribution in [-0.2, 0) is 4.79 Å². The summed E-state index contributed by atoms with van der Waals surface area (Å²) in [6.07, 6.45) is 7.60. The van der Waals surface area contributed by atoms with Gasteiger partial charge in [-0.05, 0) is 43.7 Å². The lowest BCUT2D eigenvalue weighted by atomic mass is 9.84. The van der Waals surface area contributed by atoms with Gasteiger partial charge in [0, 0.05) is 24.7 Å². The van der Waals surface area contributed by atoms with Crippen molar-refractivity contribution in [3.8, 4) is 0 Å². The van der Waals surface area contributed by atoms with Gasteiger partial charge in [0.2, 0.25) is 5.91 Å². The third-order valence-electron chi connectivity index (χ3n) is 5.64. The minimum absolute atomic E-state index is 0.0297. The molecule has 2 unspecified atom stereocenters. The van der Waals surface area contributed by atoms with E-state index in [9.17, 15) is 9.59 Å². The molecule has 2 fully saturated rings. The van der Waals surface area contributed by atoms with E-state index in [4.69, 9.17) is 5.73 Å². The minimum Gasteiger partial charge on any atom is -0.350 e.